The van der Waals surface area contributed by atoms with Crippen molar-refractivity contribution in [3.8, 4) is 5.75 Å². The van der Waals surface area contributed by atoms with E-state index in [9.17, 15) is 8.42 Å². The van der Waals surface area contributed by atoms with Crippen molar-refractivity contribution >= 4 is 9.84 Å². The summed E-state index contributed by atoms with van der Waals surface area (Å²) in [5.74, 6) is 0.999. The topological polar surface area (TPSA) is 46.6 Å². The van der Waals surface area contributed by atoms with E-state index < -0.39 is 9.84 Å². The summed E-state index contributed by atoms with van der Waals surface area (Å²) in [6, 6.07) is 6.30. The highest BCUT2D eigenvalue weighted by molar-refractivity contribution is 7.91. The van der Waals surface area contributed by atoms with Crippen LogP contribution in [0.1, 0.15) is 17.5 Å². The van der Waals surface area contributed by atoms with E-state index in [1.807, 2.05) is 6.07 Å². The molecule has 2 aliphatic heterocycles. The molecule has 4 nitrogen and oxygen atoms in total. The molecule has 0 aliphatic carbocycles. The van der Waals surface area contributed by atoms with Crippen molar-refractivity contribution in [3.05, 3.63) is 29.3 Å². The first-order valence-corrected chi connectivity index (χ1v) is 8.63. The molecule has 0 radical (unpaired) electrons. The molecule has 0 amide bonds. The summed E-state index contributed by atoms with van der Waals surface area (Å²) in [6.45, 7) is 3.13. The molecular formula is C14H19NO3S. The first kappa shape index (κ1) is 12.9. The highest BCUT2D eigenvalue weighted by atomic mass is 32.2. The van der Waals surface area contributed by atoms with Gasteiger partial charge in [-0.2, -0.15) is 0 Å². The summed E-state index contributed by atoms with van der Waals surface area (Å²) in [5, 5.41) is -0.190. The van der Waals surface area contributed by atoms with Crippen LogP contribution in [0, 0.1) is 0 Å². The standard InChI is InChI=1S/C14H19NO3S/c1-19(16,17)13-4-6-15(10-13)9-11-2-3-14-12(8-11)5-7-18-14/h2-3,8,13H,4-7,9-10H2,1H3. The molecule has 1 aromatic rings. The Morgan fingerprint density at radius 2 is 2.26 bits per heavy atom. The van der Waals surface area contributed by atoms with Gasteiger partial charge in [0, 0.05) is 25.8 Å². The van der Waals surface area contributed by atoms with Crippen molar-refractivity contribution in [1.29, 1.82) is 0 Å². The van der Waals surface area contributed by atoms with Crippen LogP contribution in [0.2, 0.25) is 0 Å². The monoisotopic (exact) mass is 281 g/mol. The van der Waals surface area contributed by atoms with Crippen LogP contribution in [0.4, 0.5) is 0 Å². The second-order valence-electron chi connectivity index (χ2n) is 5.52. The Morgan fingerprint density at radius 1 is 1.42 bits per heavy atom. The van der Waals surface area contributed by atoms with E-state index in [1.54, 1.807) is 0 Å². The van der Waals surface area contributed by atoms with Gasteiger partial charge in [0.2, 0.25) is 0 Å². The third kappa shape index (κ3) is 2.77. The van der Waals surface area contributed by atoms with Crippen LogP contribution in [0.25, 0.3) is 0 Å². The first-order chi connectivity index (χ1) is 9.02. The minimum atomic E-state index is -2.90. The molecule has 0 saturated carbocycles. The van der Waals surface area contributed by atoms with E-state index in [-0.39, 0.29) is 5.25 Å². The number of rotatable bonds is 3. The van der Waals surface area contributed by atoms with Crippen LogP contribution in [-0.2, 0) is 22.8 Å². The Labute approximate surface area is 114 Å². The first-order valence-electron chi connectivity index (χ1n) is 6.68. The maximum Gasteiger partial charge on any atom is 0.151 e. The van der Waals surface area contributed by atoms with Gasteiger partial charge in [-0.15, -0.1) is 0 Å². The lowest BCUT2D eigenvalue weighted by Crippen LogP contribution is -2.26. The molecule has 1 unspecified atom stereocenters. The zero-order valence-electron chi connectivity index (χ0n) is 11.1. The van der Waals surface area contributed by atoms with E-state index in [2.05, 4.69) is 17.0 Å². The van der Waals surface area contributed by atoms with Crippen molar-refractivity contribution in [2.75, 3.05) is 26.0 Å². The molecule has 1 saturated heterocycles. The fourth-order valence-electron chi connectivity index (χ4n) is 2.89. The van der Waals surface area contributed by atoms with Gasteiger partial charge in [-0.05, 0) is 30.2 Å². The molecule has 1 atom stereocenters. The van der Waals surface area contributed by atoms with Crippen molar-refractivity contribution in [2.45, 2.75) is 24.6 Å². The van der Waals surface area contributed by atoms with Gasteiger partial charge >= 0.3 is 0 Å². The molecule has 1 aromatic carbocycles. The molecule has 1 fully saturated rings. The number of sulfone groups is 1. The van der Waals surface area contributed by atoms with Gasteiger partial charge in [0.05, 0.1) is 11.9 Å². The fraction of sp³-hybridized carbons (Fsp3) is 0.571. The maximum atomic E-state index is 11.5. The Morgan fingerprint density at radius 3 is 3.00 bits per heavy atom. The molecule has 104 valence electrons. The van der Waals surface area contributed by atoms with Crippen molar-refractivity contribution < 1.29 is 13.2 Å². The molecular weight excluding hydrogens is 262 g/mol. The predicted molar refractivity (Wildman–Crippen MR) is 74.2 cm³/mol. The number of fused-ring (bicyclic) bond motifs is 1. The van der Waals surface area contributed by atoms with Crippen molar-refractivity contribution in [1.82, 2.24) is 4.90 Å². The van der Waals surface area contributed by atoms with Crippen LogP contribution in [-0.4, -0.2) is 44.5 Å². The zero-order chi connectivity index (χ0) is 13.5. The highest BCUT2D eigenvalue weighted by Crippen LogP contribution is 2.27. The fourth-order valence-corrected chi connectivity index (χ4v) is 3.90. The normalized spacial score (nSPS) is 23.3. The maximum absolute atomic E-state index is 11.5. The number of benzene rings is 1. The van der Waals surface area contributed by atoms with Gasteiger partial charge in [0.15, 0.2) is 9.84 Å². The summed E-state index contributed by atoms with van der Waals surface area (Å²) in [7, 11) is -2.90. The van der Waals surface area contributed by atoms with Crippen molar-refractivity contribution in [3.63, 3.8) is 0 Å². The molecule has 2 heterocycles. The minimum Gasteiger partial charge on any atom is -0.493 e. The van der Waals surface area contributed by atoms with E-state index in [4.69, 9.17) is 4.74 Å². The lowest BCUT2D eigenvalue weighted by molar-refractivity contribution is 0.331. The zero-order valence-corrected chi connectivity index (χ0v) is 11.9. The summed E-state index contributed by atoms with van der Waals surface area (Å²) < 4.78 is 28.6. The van der Waals surface area contributed by atoms with Crippen LogP contribution < -0.4 is 4.74 Å². The third-order valence-corrected chi connectivity index (χ3v) is 5.59. The smallest absolute Gasteiger partial charge is 0.151 e. The van der Waals surface area contributed by atoms with Crippen LogP contribution >= 0.6 is 0 Å². The van der Waals surface area contributed by atoms with Crippen LogP contribution in [0.5, 0.6) is 5.75 Å². The summed E-state index contributed by atoms with van der Waals surface area (Å²) >= 11 is 0. The summed E-state index contributed by atoms with van der Waals surface area (Å²) in [5.41, 5.74) is 2.52. The van der Waals surface area contributed by atoms with Gasteiger partial charge < -0.3 is 4.74 Å². The van der Waals surface area contributed by atoms with Crippen molar-refractivity contribution in [2.24, 2.45) is 0 Å². The van der Waals surface area contributed by atoms with E-state index in [1.165, 1.54) is 17.4 Å². The number of hydrogen-bond acceptors (Lipinski definition) is 4. The Bertz CT molecular complexity index is 582. The second-order valence-corrected chi connectivity index (χ2v) is 7.84. The predicted octanol–water partition coefficient (Wildman–Crippen LogP) is 1.24. The average Bonchev–Trinajstić information content (AvgIpc) is 2.95. The second kappa shape index (κ2) is 4.80. The van der Waals surface area contributed by atoms with Gasteiger partial charge in [-0.1, -0.05) is 12.1 Å². The molecule has 0 N–H and O–H groups in total. The number of hydrogen-bond donors (Lipinski definition) is 0. The number of ether oxygens (including phenoxy) is 1. The molecule has 19 heavy (non-hydrogen) atoms. The largest absolute Gasteiger partial charge is 0.493 e. The van der Waals surface area contributed by atoms with Crippen LogP contribution in [0.3, 0.4) is 0 Å². The quantitative estimate of drug-likeness (QED) is 0.836. The highest BCUT2D eigenvalue weighted by Gasteiger charge is 2.29. The molecule has 3 rings (SSSR count). The molecule has 0 aromatic heterocycles. The van der Waals surface area contributed by atoms with E-state index >= 15 is 0 Å². The SMILES string of the molecule is CS(=O)(=O)C1CCN(Cc2ccc3c(c2)CCO3)C1. The average molecular weight is 281 g/mol. The van der Waals surface area contributed by atoms with Gasteiger partial charge in [-0.25, -0.2) is 8.42 Å². The number of likely N-dealkylation sites (tertiary alicyclic amines) is 1. The molecule has 0 bridgehead atoms. The lowest BCUT2D eigenvalue weighted by atomic mass is 10.1. The summed E-state index contributed by atoms with van der Waals surface area (Å²) in [4.78, 5) is 2.23. The summed E-state index contributed by atoms with van der Waals surface area (Å²) in [6.07, 6.45) is 3.08. The van der Waals surface area contributed by atoms with Crippen LogP contribution in [0.15, 0.2) is 18.2 Å². The van der Waals surface area contributed by atoms with Gasteiger partial charge in [0.25, 0.3) is 0 Å². The van der Waals surface area contributed by atoms with Gasteiger partial charge in [0.1, 0.15) is 5.75 Å². The third-order valence-electron chi connectivity index (χ3n) is 3.99. The van der Waals surface area contributed by atoms with Gasteiger partial charge in [-0.3, -0.25) is 4.90 Å². The molecule has 5 heteroatoms. The number of nitrogens with zero attached hydrogens (tertiary/aromatic N) is 1. The Hall–Kier alpha value is -1.07. The molecule has 2 aliphatic rings. The van der Waals surface area contributed by atoms with E-state index in [0.29, 0.717) is 6.54 Å². The minimum absolute atomic E-state index is 0.190. The Balaban J connectivity index is 1.67. The Kier molecular flexibility index (Phi) is 3.27. The van der Waals surface area contributed by atoms with E-state index in [0.717, 1.165) is 38.3 Å². The lowest BCUT2D eigenvalue weighted by Gasteiger charge is -2.16. The molecule has 0 spiro atoms.